The second kappa shape index (κ2) is 8.06. The molecule has 8 heteroatoms. The Labute approximate surface area is 148 Å². The minimum absolute atomic E-state index is 0.473. The molecule has 0 aromatic carbocycles. The molecular weight excluding hydrogens is 318 g/mol. The summed E-state index contributed by atoms with van der Waals surface area (Å²) in [5, 5.41) is 0. The summed E-state index contributed by atoms with van der Waals surface area (Å²) in [5.41, 5.74) is 5.74. The van der Waals surface area contributed by atoms with E-state index in [2.05, 4.69) is 36.8 Å². The molecule has 1 fully saturated rings. The molecule has 1 saturated heterocycles. The predicted molar refractivity (Wildman–Crippen MR) is 96.3 cm³/mol. The monoisotopic (exact) mass is 343 g/mol. The normalized spacial score (nSPS) is 18.2. The summed E-state index contributed by atoms with van der Waals surface area (Å²) >= 11 is 0. The molecule has 2 aromatic heterocycles. The first-order valence-electron chi connectivity index (χ1n) is 8.55. The van der Waals surface area contributed by atoms with Gasteiger partial charge in [0.1, 0.15) is 11.6 Å². The van der Waals surface area contributed by atoms with Crippen molar-refractivity contribution in [2.75, 3.05) is 37.9 Å². The molecule has 1 aliphatic rings. The van der Waals surface area contributed by atoms with Crippen LogP contribution < -0.4 is 15.4 Å². The number of nitrogens with zero attached hydrogens (tertiary/aromatic N) is 6. The molecule has 25 heavy (non-hydrogen) atoms. The topological polar surface area (TPSA) is 93.3 Å². The quantitative estimate of drug-likeness (QED) is 0.869. The number of ether oxygens (including phenoxy) is 1. The molecule has 0 radical (unpaired) electrons. The molecule has 8 nitrogen and oxygen atoms in total. The van der Waals surface area contributed by atoms with E-state index in [-0.39, 0.29) is 0 Å². The number of nitrogen functional groups attached to an aromatic ring is 1. The van der Waals surface area contributed by atoms with Crippen molar-refractivity contribution >= 4 is 11.8 Å². The van der Waals surface area contributed by atoms with E-state index >= 15 is 0 Å². The van der Waals surface area contributed by atoms with Crippen molar-refractivity contribution in [1.82, 2.24) is 24.8 Å². The molecule has 0 aliphatic carbocycles. The zero-order chi connectivity index (χ0) is 17.6. The standard InChI is InChI=1S/C17H25N7O/c1-23(12-15-19-8-5-14(18)21-15)13-4-3-10-24(11-7-13)17-20-9-6-16(22-17)25-2/h5-6,8-9,13H,3-4,7,10-12H2,1-2H3,(H2,18,19,21)/t13-/m1/s1. The van der Waals surface area contributed by atoms with Crippen molar-refractivity contribution in [3.63, 3.8) is 0 Å². The van der Waals surface area contributed by atoms with E-state index in [0.29, 0.717) is 24.3 Å². The summed E-state index contributed by atoms with van der Waals surface area (Å²) in [6.07, 6.45) is 6.71. The van der Waals surface area contributed by atoms with Crippen molar-refractivity contribution in [3.8, 4) is 5.88 Å². The van der Waals surface area contributed by atoms with E-state index in [9.17, 15) is 0 Å². The lowest BCUT2D eigenvalue weighted by molar-refractivity contribution is 0.212. The van der Waals surface area contributed by atoms with Crippen LogP contribution in [0.15, 0.2) is 24.5 Å². The van der Waals surface area contributed by atoms with Gasteiger partial charge in [0.2, 0.25) is 11.8 Å². The molecular formula is C17H25N7O. The minimum atomic E-state index is 0.473. The minimum Gasteiger partial charge on any atom is -0.481 e. The van der Waals surface area contributed by atoms with Crippen LogP contribution in [0.1, 0.15) is 25.1 Å². The van der Waals surface area contributed by atoms with Gasteiger partial charge < -0.3 is 15.4 Å². The third kappa shape index (κ3) is 4.54. The molecule has 1 aliphatic heterocycles. The Morgan fingerprint density at radius 2 is 2.04 bits per heavy atom. The fourth-order valence-electron chi connectivity index (χ4n) is 3.16. The maximum atomic E-state index is 5.74. The summed E-state index contributed by atoms with van der Waals surface area (Å²) in [6.45, 7) is 2.57. The van der Waals surface area contributed by atoms with Crippen molar-refractivity contribution in [2.45, 2.75) is 31.8 Å². The first-order chi connectivity index (χ1) is 12.2. The van der Waals surface area contributed by atoms with Gasteiger partial charge in [0, 0.05) is 37.6 Å². The van der Waals surface area contributed by atoms with E-state index in [1.54, 1.807) is 31.6 Å². The number of rotatable bonds is 5. The SMILES string of the molecule is COc1ccnc(N2CCC[C@@H](N(C)Cc3nccc(N)n3)CC2)n1. The van der Waals surface area contributed by atoms with Crippen LogP contribution in [-0.2, 0) is 6.54 Å². The highest BCUT2D eigenvalue weighted by molar-refractivity contribution is 5.32. The Morgan fingerprint density at radius 3 is 2.84 bits per heavy atom. The van der Waals surface area contributed by atoms with Crippen LogP contribution in [0.4, 0.5) is 11.8 Å². The largest absolute Gasteiger partial charge is 0.481 e. The van der Waals surface area contributed by atoms with Gasteiger partial charge in [-0.1, -0.05) is 0 Å². The van der Waals surface area contributed by atoms with Crippen LogP contribution >= 0.6 is 0 Å². The van der Waals surface area contributed by atoms with Crippen molar-refractivity contribution in [3.05, 3.63) is 30.4 Å². The third-order valence-corrected chi connectivity index (χ3v) is 4.55. The zero-order valence-corrected chi connectivity index (χ0v) is 14.8. The molecule has 0 amide bonds. The van der Waals surface area contributed by atoms with Gasteiger partial charge in [-0.15, -0.1) is 0 Å². The maximum Gasteiger partial charge on any atom is 0.228 e. The summed E-state index contributed by atoms with van der Waals surface area (Å²) in [4.78, 5) is 22.0. The Balaban J connectivity index is 1.60. The van der Waals surface area contributed by atoms with Crippen molar-refractivity contribution in [2.24, 2.45) is 0 Å². The van der Waals surface area contributed by atoms with Gasteiger partial charge in [-0.05, 0) is 32.4 Å². The van der Waals surface area contributed by atoms with E-state index in [1.807, 2.05) is 0 Å². The van der Waals surface area contributed by atoms with Crippen LogP contribution in [0.5, 0.6) is 5.88 Å². The molecule has 1 atom stereocenters. The smallest absolute Gasteiger partial charge is 0.228 e. The molecule has 3 heterocycles. The van der Waals surface area contributed by atoms with Crippen LogP contribution in [-0.4, -0.2) is 58.1 Å². The van der Waals surface area contributed by atoms with Gasteiger partial charge >= 0.3 is 0 Å². The maximum absolute atomic E-state index is 5.74. The Morgan fingerprint density at radius 1 is 1.20 bits per heavy atom. The summed E-state index contributed by atoms with van der Waals surface area (Å²) in [7, 11) is 3.74. The highest BCUT2D eigenvalue weighted by atomic mass is 16.5. The lowest BCUT2D eigenvalue weighted by Gasteiger charge is -2.26. The summed E-state index contributed by atoms with van der Waals surface area (Å²) < 4.78 is 5.20. The lowest BCUT2D eigenvalue weighted by Crippen LogP contribution is -2.33. The molecule has 2 N–H and O–H groups in total. The summed E-state index contributed by atoms with van der Waals surface area (Å²) in [5.74, 6) is 2.61. The average Bonchev–Trinajstić information content (AvgIpc) is 2.88. The van der Waals surface area contributed by atoms with E-state index in [4.69, 9.17) is 10.5 Å². The highest BCUT2D eigenvalue weighted by Crippen LogP contribution is 2.21. The number of nitrogens with two attached hydrogens (primary N) is 1. The number of methoxy groups -OCH3 is 1. The van der Waals surface area contributed by atoms with E-state index in [1.165, 1.54) is 0 Å². The molecule has 3 rings (SSSR count). The Kier molecular flexibility index (Phi) is 5.60. The number of hydrogen-bond acceptors (Lipinski definition) is 8. The van der Waals surface area contributed by atoms with Crippen LogP contribution in [0.2, 0.25) is 0 Å². The van der Waals surface area contributed by atoms with E-state index < -0.39 is 0 Å². The zero-order valence-electron chi connectivity index (χ0n) is 14.8. The molecule has 0 saturated carbocycles. The van der Waals surface area contributed by atoms with Gasteiger partial charge in [-0.3, -0.25) is 4.90 Å². The molecule has 0 spiro atoms. The number of aromatic nitrogens is 4. The second-order valence-corrected chi connectivity index (χ2v) is 6.28. The van der Waals surface area contributed by atoms with Gasteiger partial charge in [0.05, 0.1) is 13.7 Å². The van der Waals surface area contributed by atoms with Crippen molar-refractivity contribution in [1.29, 1.82) is 0 Å². The van der Waals surface area contributed by atoms with Crippen molar-refractivity contribution < 1.29 is 4.74 Å². The van der Waals surface area contributed by atoms with E-state index in [0.717, 1.165) is 44.1 Å². The Bertz CT molecular complexity index is 696. The fraction of sp³-hybridized carbons (Fsp3) is 0.529. The number of hydrogen-bond donors (Lipinski definition) is 1. The first kappa shape index (κ1) is 17.3. The predicted octanol–water partition coefficient (Wildman–Crippen LogP) is 1.35. The van der Waals surface area contributed by atoms with Crippen LogP contribution in [0, 0.1) is 0 Å². The molecule has 0 bridgehead atoms. The third-order valence-electron chi connectivity index (χ3n) is 4.55. The fourth-order valence-corrected chi connectivity index (χ4v) is 3.16. The molecule has 2 aromatic rings. The average molecular weight is 343 g/mol. The number of anilines is 2. The van der Waals surface area contributed by atoms with Gasteiger partial charge in [-0.25, -0.2) is 15.0 Å². The lowest BCUT2D eigenvalue weighted by atomic mass is 10.1. The Hall–Kier alpha value is -2.48. The van der Waals surface area contributed by atoms with Crippen LogP contribution in [0.25, 0.3) is 0 Å². The molecule has 0 unspecified atom stereocenters. The molecule has 134 valence electrons. The van der Waals surface area contributed by atoms with Gasteiger partial charge in [0.15, 0.2) is 0 Å². The van der Waals surface area contributed by atoms with Gasteiger partial charge in [0.25, 0.3) is 0 Å². The van der Waals surface area contributed by atoms with Gasteiger partial charge in [-0.2, -0.15) is 4.98 Å². The highest BCUT2D eigenvalue weighted by Gasteiger charge is 2.22. The first-order valence-corrected chi connectivity index (χ1v) is 8.55. The second-order valence-electron chi connectivity index (χ2n) is 6.28. The summed E-state index contributed by atoms with van der Waals surface area (Å²) in [6, 6.07) is 3.95. The van der Waals surface area contributed by atoms with Crippen LogP contribution in [0.3, 0.4) is 0 Å².